The van der Waals surface area contributed by atoms with Gasteiger partial charge in [-0.2, -0.15) is 0 Å². The number of nitrogens with zero attached hydrogens (tertiary/aromatic N) is 5. The first kappa shape index (κ1) is 18.6. The molecule has 0 spiro atoms. The van der Waals surface area contributed by atoms with Crippen LogP contribution in [-0.2, 0) is 17.9 Å². The summed E-state index contributed by atoms with van der Waals surface area (Å²) in [6.07, 6.45) is 4.69. The van der Waals surface area contributed by atoms with Gasteiger partial charge in [0.1, 0.15) is 0 Å². The van der Waals surface area contributed by atoms with Gasteiger partial charge in [0.05, 0.1) is 24.9 Å². The number of tetrazole rings is 1. The van der Waals surface area contributed by atoms with Gasteiger partial charge in [0.25, 0.3) is 0 Å². The summed E-state index contributed by atoms with van der Waals surface area (Å²) >= 11 is 4.81. The Balaban J connectivity index is 1.41. The predicted molar refractivity (Wildman–Crippen MR) is 109 cm³/mol. The Hall–Kier alpha value is -1.71. The van der Waals surface area contributed by atoms with Gasteiger partial charge in [-0.1, -0.05) is 36.7 Å². The molecule has 0 radical (unpaired) electrons. The lowest BCUT2D eigenvalue weighted by molar-refractivity contribution is -0.129. The third-order valence-electron chi connectivity index (χ3n) is 4.66. The third kappa shape index (κ3) is 4.77. The highest BCUT2D eigenvalue weighted by Gasteiger charge is 2.23. The summed E-state index contributed by atoms with van der Waals surface area (Å²) in [4.78, 5) is 17.3. The quantitative estimate of drug-likeness (QED) is 0.511. The zero-order chi connectivity index (χ0) is 18.5. The Kier molecular flexibility index (Phi) is 6.21. The van der Waals surface area contributed by atoms with E-state index < -0.39 is 0 Å². The van der Waals surface area contributed by atoms with E-state index in [2.05, 4.69) is 27.7 Å². The van der Waals surface area contributed by atoms with E-state index in [-0.39, 0.29) is 5.91 Å². The molecule has 0 saturated heterocycles. The number of carbonyl (C=O) groups excluding carboxylic acids is 1. The van der Waals surface area contributed by atoms with Gasteiger partial charge in [0, 0.05) is 9.75 Å². The van der Waals surface area contributed by atoms with E-state index in [1.54, 1.807) is 22.7 Å². The minimum Gasteiger partial charge on any atom is -0.332 e. The maximum atomic E-state index is 13.0. The summed E-state index contributed by atoms with van der Waals surface area (Å²) < 4.78 is 1.91. The second kappa shape index (κ2) is 8.99. The molecule has 0 aromatic carbocycles. The van der Waals surface area contributed by atoms with Gasteiger partial charge in [-0.25, -0.2) is 4.68 Å². The second-order valence-corrected chi connectivity index (χ2v) is 9.55. The van der Waals surface area contributed by atoms with E-state index in [1.807, 2.05) is 32.5 Å². The summed E-state index contributed by atoms with van der Waals surface area (Å²) in [7, 11) is 0. The zero-order valence-electron chi connectivity index (χ0n) is 14.9. The molecule has 1 amide bonds. The summed E-state index contributed by atoms with van der Waals surface area (Å²) in [5.74, 6) is 0.465. The molecule has 142 valence electrons. The Bertz CT molecular complexity index is 804. The molecule has 0 N–H and O–H groups in total. The first-order valence-corrected chi connectivity index (χ1v) is 11.8. The predicted octanol–water partition coefficient (Wildman–Crippen LogP) is 4.23. The molecule has 1 aliphatic rings. The number of hydrogen-bond donors (Lipinski definition) is 0. The first-order valence-electron chi connectivity index (χ1n) is 9.03. The van der Waals surface area contributed by atoms with E-state index in [9.17, 15) is 4.79 Å². The van der Waals surface area contributed by atoms with Crippen molar-refractivity contribution in [2.24, 2.45) is 0 Å². The fraction of sp³-hybridized carbons (Fsp3) is 0.444. The lowest BCUT2D eigenvalue weighted by Gasteiger charge is -2.21. The maximum Gasteiger partial charge on any atom is 0.233 e. The molecule has 9 heteroatoms. The smallest absolute Gasteiger partial charge is 0.233 e. The minimum atomic E-state index is 0.114. The average Bonchev–Trinajstić information content (AvgIpc) is 3.47. The fourth-order valence-electron chi connectivity index (χ4n) is 3.29. The Morgan fingerprint density at radius 3 is 2.41 bits per heavy atom. The molecule has 6 nitrogen and oxygen atoms in total. The Morgan fingerprint density at radius 2 is 1.81 bits per heavy atom. The van der Waals surface area contributed by atoms with Crippen molar-refractivity contribution in [3.63, 3.8) is 0 Å². The summed E-state index contributed by atoms with van der Waals surface area (Å²) in [5, 5.41) is 17.0. The number of aromatic nitrogens is 4. The van der Waals surface area contributed by atoms with Gasteiger partial charge in [-0.15, -0.1) is 27.8 Å². The molecule has 0 unspecified atom stereocenters. The number of thiophene rings is 2. The molecule has 1 fully saturated rings. The molecular formula is C18H21N5OS3. The first-order chi connectivity index (χ1) is 13.3. The van der Waals surface area contributed by atoms with Crippen LogP contribution in [0.2, 0.25) is 0 Å². The van der Waals surface area contributed by atoms with Crippen LogP contribution in [0.4, 0.5) is 0 Å². The van der Waals surface area contributed by atoms with Crippen molar-refractivity contribution in [3.05, 3.63) is 44.8 Å². The lowest BCUT2D eigenvalue weighted by Crippen LogP contribution is -2.31. The van der Waals surface area contributed by atoms with Crippen LogP contribution >= 0.6 is 34.4 Å². The molecule has 1 saturated carbocycles. The lowest BCUT2D eigenvalue weighted by atomic mass is 10.3. The highest BCUT2D eigenvalue weighted by molar-refractivity contribution is 7.99. The summed E-state index contributed by atoms with van der Waals surface area (Å²) in [5.41, 5.74) is 0. The van der Waals surface area contributed by atoms with Crippen LogP contribution in [0, 0.1) is 0 Å². The number of thioether (sulfide) groups is 1. The largest absolute Gasteiger partial charge is 0.332 e. The van der Waals surface area contributed by atoms with E-state index >= 15 is 0 Å². The molecule has 1 aliphatic carbocycles. The van der Waals surface area contributed by atoms with Gasteiger partial charge >= 0.3 is 0 Å². The van der Waals surface area contributed by atoms with Crippen LogP contribution in [0.25, 0.3) is 0 Å². The maximum absolute atomic E-state index is 13.0. The van der Waals surface area contributed by atoms with Crippen molar-refractivity contribution in [2.45, 2.75) is 50.0 Å². The van der Waals surface area contributed by atoms with Crippen molar-refractivity contribution in [3.8, 4) is 0 Å². The molecule has 4 rings (SSSR count). The van der Waals surface area contributed by atoms with E-state index in [1.165, 1.54) is 34.4 Å². The third-order valence-corrected chi connectivity index (χ3v) is 7.30. The Labute approximate surface area is 170 Å². The van der Waals surface area contributed by atoms with Gasteiger partial charge in [-0.05, 0) is 46.2 Å². The molecule has 27 heavy (non-hydrogen) atoms. The van der Waals surface area contributed by atoms with Gasteiger partial charge in [-0.3, -0.25) is 4.79 Å². The standard InChI is InChI=1S/C18H21N5OS3/c24-17(13-27-18-19-20-21-23(18)14-5-1-2-6-14)22(11-15-7-3-9-25-15)12-16-8-4-10-26-16/h3-4,7-10,14H,1-2,5-6,11-13H2. The molecule has 0 aliphatic heterocycles. The van der Waals surface area contributed by atoms with Crippen molar-refractivity contribution in [2.75, 3.05) is 5.75 Å². The molecule has 3 heterocycles. The number of amides is 1. The van der Waals surface area contributed by atoms with Crippen molar-refractivity contribution < 1.29 is 4.79 Å². The van der Waals surface area contributed by atoms with E-state index in [0.717, 1.165) is 18.0 Å². The minimum absolute atomic E-state index is 0.114. The monoisotopic (exact) mass is 419 g/mol. The van der Waals surface area contributed by atoms with Crippen LogP contribution in [-0.4, -0.2) is 36.8 Å². The van der Waals surface area contributed by atoms with Gasteiger partial charge < -0.3 is 4.90 Å². The average molecular weight is 420 g/mol. The van der Waals surface area contributed by atoms with Crippen LogP contribution in [0.5, 0.6) is 0 Å². The zero-order valence-corrected chi connectivity index (χ0v) is 17.3. The van der Waals surface area contributed by atoms with Crippen molar-refractivity contribution in [1.29, 1.82) is 0 Å². The molecule has 3 aromatic rings. The normalized spacial score (nSPS) is 14.7. The van der Waals surface area contributed by atoms with Crippen LogP contribution in [0.1, 0.15) is 41.5 Å². The number of carbonyl (C=O) groups is 1. The van der Waals surface area contributed by atoms with Gasteiger partial charge in [0.2, 0.25) is 11.1 Å². The Morgan fingerprint density at radius 1 is 1.15 bits per heavy atom. The van der Waals surface area contributed by atoms with Gasteiger partial charge in [0.15, 0.2) is 0 Å². The molecule has 0 atom stereocenters. The second-order valence-electron chi connectivity index (χ2n) is 6.54. The summed E-state index contributed by atoms with van der Waals surface area (Å²) in [6, 6.07) is 8.59. The van der Waals surface area contributed by atoms with Crippen LogP contribution in [0.3, 0.4) is 0 Å². The summed E-state index contributed by atoms with van der Waals surface area (Å²) in [6.45, 7) is 1.28. The molecular weight excluding hydrogens is 398 g/mol. The van der Waals surface area contributed by atoms with Crippen molar-refractivity contribution >= 4 is 40.3 Å². The number of hydrogen-bond acceptors (Lipinski definition) is 7. The van der Waals surface area contributed by atoms with E-state index in [0.29, 0.717) is 24.9 Å². The topological polar surface area (TPSA) is 63.9 Å². The molecule has 3 aromatic heterocycles. The fourth-order valence-corrected chi connectivity index (χ4v) is 5.58. The number of rotatable bonds is 8. The molecule has 0 bridgehead atoms. The highest BCUT2D eigenvalue weighted by atomic mass is 32.2. The van der Waals surface area contributed by atoms with Crippen LogP contribution < -0.4 is 0 Å². The SMILES string of the molecule is O=C(CSc1nnnn1C1CCCC1)N(Cc1cccs1)Cc1cccs1. The van der Waals surface area contributed by atoms with Crippen molar-refractivity contribution in [1.82, 2.24) is 25.1 Å². The van der Waals surface area contributed by atoms with E-state index in [4.69, 9.17) is 0 Å². The van der Waals surface area contributed by atoms with Crippen LogP contribution in [0.15, 0.2) is 40.2 Å². The highest BCUT2D eigenvalue weighted by Crippen LogP contribution is 2.31.